The van der Waals surface area contributed by atoms with Gasteiger partial charge in [0.05, 0.1) is 0 Å². The second kappa shape index (κ2) is 4.19. The maximum atomic E-state index is 9.67. The van der Waals surface area contributed by atoms with Gasteiger partial charge in [0.15, 0.2) is 0 Å². The molecule has 3 heteroatoms. The maximum Gasteiger partial charge on any atom is 0.123 e. The van der Waals surface area contributed by atoms with E-state index in [0.29, 0.717) is 12.3 Å². The Bertz CT molecular complexity index is 468. The second-order valence-corrected chi connectivity index (χ2v) is 3.39. The van der Waals surface area contributed by atoms with E-state index in [1.54, 1.807) is 6.07 Å². The van der Waals surface area contributed by atoms with Crippen LogP contribution in [0.1, 0.15) is 0 Å². The number of rotatable bonds is 3. The molecule has 0 heterocycles. The highest BCUT2D eigenvalue weighted by molar-refractivity contribution is 5.97. The van der Waals surface area contributed by atoms with Crippen molar-refractivity contribution < 1.29 is 5.11 Å². The molecule has 78 valence electrons. The van der Waals surface area contributed by atoms with Crippen molar-refractivity contribution in [1.29, 1.82) is 0 Å². The van der Waals surface area contributed by atoms with Gasteiger partial charge in [0.25, 0.3) is 0 Å². The predicted molar refractivity (Wildman–Crippen MR) is 63.2 cm³/mol. The van der Waals surface area contributed by atoms with Gasteiger partial charge in [-0.1, -0.05) is 24.3 Å². The third-order valence-corrected chi connectivity index (χ3v) is 2.36. The summed E-state index contributed by atoms with van der Waals surface area (Å²) in [5.41, 5.74) is 6.45. The first-order valence-corrected chi connectivity index (χ1v) is 4.97. The summed E-state index contributed by atoms with van der Waals surface area (Å²) in [5, 5.41) is 14.8. The van der Waals surface area contributed by atoms with Gasteiger partial charge in [-0.25, -0.2) is 0 Å². The van der Waals surface area contributed by atoms with Gasteiger partial charge in [-0.05, 0) is 12.1 Å². The number of benzene rings is 2. The van der Waals surface area contributed by atoms with E-state index in [0.717, 1.165) is 23.0 Å². The number of nitrogens with two attached hydrogens (primary N) is 1. The lowest BCUT2D eigenvalue weighted by Gasteiger charge is -2.09. The molecule has 4 N–H and O–H groups in total. The summed E-state index contributed by atoms with van der Waals surface area (Å²) in [5.74, 6) is 0.309. The molecule has 2 aromatic carbocycles. The molecule has 0 fully saturated rings. The highest BCUT2D eigenvalue weighted by Gasteiger charge is 2.03. The number of aromatic hydroxyl groups is 1. The van der Waals surface area contributed by atoms with E-state index >= 15 is 0 Å². The molecule has 3 nitrogen and oxygen atoms in total. The molecule has 2 aromatic rings. The highest BCUT2D eigenvalue weighted by Crippen LogP contribution is 2.30. The van der Waals surface area contributed by atoms with Crippen LogP contribution in [0.2, 0.25) is 0 Å². The standard InChI is InChI=1S/C12H14N2O/c13-7-8-14-11-5-6-12(15)10-4-2-1-3-9(10)11/h1-6,14-15H,7-8,13H2. The molecule has 0 unspecified atom stereocenters. The van der Waals surface area contributed by atoms with Gasteiger partial charge in [-0.15, -0.1) is 0 Å². The lowest BCUT2D eigenvalue weighted by molar-refractivity contribution is 0.481. The van der Waals surface area contributed by atoms with Gasteiger partial charge in [-0.3, -0.25) is 0 Å². The average Bonchev–Trinajstić information content (AvgIpc) is 2.29. The molecule has 2 rings (SSSR count). The molecule has 0 saturated carbocycles. The monoisotopic (exact) mass is 202 g/mol. The average molecular weight is 202 g/mol. The molecule has 0 saturated heterocycles. The largest absolute Gasteiger partial charge is 0.507 e. The highest BCUT2D eigenvalue weighted by atomic mass is 16.3. The summed E-state index contributed by atoms with van der Waals surface area (Å²) in [6, 6.07) is 11.3. The molecule has 0 spiro atoms. The summed E-state index contributed by atoms with van der Waals surface area (Å²) >= 11 is 0. The Kier molecular flexibility index (Phi) is 2.74. The van der Waals surface area contributed by atoms with E-state index in [1.165, 1.54) is 0 Å². The van der Waals surface area contributed by atoms with E-state index in [1.807, 2.05) is 30.3 Å². The molecule has 0 amide bonds. The van der Waals surface area contributed by atoms with Crippen LogP contribution in [0.4, 0.5) is 5.69 Å². The minimum absolute atomic E-state index is 0.309. The van der Waals surface area contributed by atoms with Crippen LogP contribution >= 0.6 is 0 Å². The van der Waals surface area contributed by atoms with Crippen molar-refractivity contribution in [3.05, 3.63) is 36.4 Å². The topological polar surface area (TPSA) is 58.3 Å². The number of fused-ring (bicyclic) bond motifs is 1. The third-order valence-electron chi connectivity index (χ3n) is 2.36. The Morgan fingerprint density at radius 3 is 2.53 bits per heavy atom. The molecule has 0 aliphatic carbocycles. The molecule has 0 atom stereocenters. The zero-order chi connectivity index (χ0) is 10.7. The fourth-order valence-electron chi connectivity index (χ4n) is 1.64. The summed E-state index contributed by atoms with van der Waals surface area (Å²) in [4.78, 5) is 0. The number of hydrogen-bond acceptors (Lipinski definition) is 3. The van der Waals surface area contributed by atoms with Crippen LogP contribution in [0, 0.1) is 0 Å². The number of hydrogen-bond donors (Lipinski definition) is 3. The molecule has 15 heavy (non-hydrogen) atoms. The molecule has 0 aliphatic rings. The van der Waals surface area contributed by atoms with Crippen molar-refractivity contribution in [2.24, 2.45) is 5.73 Å². The predicted octanol–water partition coefficient (Wildman–Crippen LogP) is 1.92. The van der Waals surface area contributed by atoms with Crippen LogP contribution in [0.3, 0.4) is 0 Å². The van der Waals surface area contributed by atoms with Gasteiger partial charge < -0.3 is 16.2 Å². The van der Waals surface area contributed by atoms with Crippen LogP contribution in [0.5, 0.6) is 5.75 Å². The SMILES string of the molecule is NCCNc1ccc(O)c2ccccc12. The normalized spacial score (nSPS) is 10.5. The lowest BCUT2D eigenvalue weighted by atomic mass is 10.1. The van der Waals surface area contributed by atoms with Crippen LogP contribution in [0.25, 0.3) is 10.8 Å². The van der Waals surface area contributed by atoms with Crippen molar-refractivity contribution in [3.8, 4) is 5.75 Å². The minimum atomic E-state index is 0.309. The lowest BCUT2D eigenvalue weighted by Crippen LogP contribution is -2.13. The molecule has 0 radical (unpaired) electrons. The van der Waals surface area contributed by atoms with Gasteiger partial charge >= 0.3 is 0 Å². The number of anilines is 1. The first-order chi connectivity index (χ1) is 7.33. The van der Waals surface area contributed by atoms with E-state index < -0.39 is 0 Å². The van der Waals surface area contributed by atoms with E-state index in [9.17, 15) is 5.11 Å². The first kappa shape index (κ1) is 9.80. The van der Waals surface area contributed by atoms with E-state index in [-0.39, 0.29) is 0 Å². The molecule has 0 aromatic heterocycles. The summed E-state index contributed by atoms with van der Waals surface area (Å²) in [7, 11) is 0. The van der Waals surface area contributed by atoms with E-state index in [4.69, 9.17) is 5.73 Å². The fraction of sp³-hybridized carbons (Fsp3) is 0.167. The molecular weight excluding hydrogens is 188 g/mol. The smallest absolute Gasteiger partial charge is 0.123 e. The Morgan fingerprint density at radius 2 is 1.80 bits per heavy atom. The van der Waals surface area contributed by atoms with Crippen molar-refractivity contribution >= 4 is 16.5 Å². The minimum Gasteiger partial charge on any atom is -0.507 e. The van der Waals surface area contributed by atoms with Crippen LogP contribution in [0.15, 0.2) is 36.4 Å². The number of nitrogens with one attached hydrogen (secondary N) is 1. The fourth-order valence-corrected chi connectivity index (χ4v) is 1.64. The summed E-state index contributed by atoms with van der Waals surface area (Å²) in [6.07, 6.45) is 0. The van der Waals surface area contributed by atoms with Crippen LogP contribution in [-0.2, 0) is 0 Å². The van der Waals surface area contributed by atoms with Crippen molar-refractivity contribution in [2.75, 3.05) is 18.4 Å². The summed E-state index contributed by atoms with van der Waals surface area (Å²) in [6.45, 7) is 1.32. The van der Waals surface area contributed by atoms with Crippen molar-refractivity contribution in [3.63, 3.8) is 0 Å². The van der Waals surface area contributed by atoms with Gasteiger partial charge in [0, 0.05) is 29.5 Å². The zero-order valence-electron chi connectivity index (χ0n) is 8.40. The first-order valence-electron chi connectivity index (χ1n) is 4.97. The van der Waals surface area contributed by atoms with Crippen molar-refractivity contribution in [2.45, 2.75) is 0 Å². The van der Waals surface area contributed by atoms with Gasteiger partial charge in [-0.2, -0.15) is 0 Å². The Hall–Kier alpha value is -1.74. The van der Waals surface area contributed by atoms with Gasteiger partial charge in [0.1, 0.15) is 5.75 Å². The van der Waals surface area contributed by atoms with Crippen molar-refractivity contribution in [1.82, 2.24) is 0 Å². The Morgan fingerprint density at radius 1 is 1.07 bits per heavy atom. The zero-order valence-corrected chi connectivity index (χ0v) is 8.40. The number of phenolic OH excluding ortho intramolecular Hbond substituents is 1. The third kappa shape index (κ3) is 1.87. The maximum absolute atomic E-state index is 9.67. The molecular formula is C12H14N2O. The quantitative estimate of drug-likeness (QED) is 0.666. The van der Waals surface area contributed by atoms with E-state index in [2.05, 4.69) is 5.32 Å². The van der Waals surface area contributed by atoms with Crippen LogP contribution < -0.4 is 11.1 Å². The molecule has 0 bridgehead atoms. The number of phenols is 1. The Labute approximate surface area is 88.5 Å². The summed E-state index contributed by atoms with van der Waals surface area (Å²) < 4.78 is 0. The second-order valence-electron chi connectivity index (χ2n) is 3.39. The molecule has 0 aliphatic heterocycles. The van der Waals surface area contributed by atoms with Gasteiger partial charge in [0.2, 0.25) is 0 Å². The van der Waals surface area contributed by atoms with Crippen LogP contribution in [-0.4, -0.2) is 18.2 Å². The Balaban J connectivity index is 2.51.